The average Bonchev–Trinajstić information content (AvgIpc) is 2.45. The zero-order valence-corrected chi connectivity index (χ0v) is 17.0. The maximum atomic E-state index is 12.4. The second kappa shape index (κ2) is 8.93. The number of amides is 1. The molecule has 136 valence electrons. The van der Waals surface area contributed by atoms with E-state index in [0.29, 0.717) is 35.1 Å². The van der Waals surface area contributed by atoms with Gasteiger partial charge in [0.15, 0.2) is 0 Å². The molecule has 0 aromatic heterocycles. The van der Waals surface area contributed by atoms with Gasteiger partial charge in [0.1, 0.15) is 11.4 Å². The highest BCUT2D eigenvalue weighted by molar-refractivity contribution is 6.18. The number of aryl methyl sites for hydroxylation is 1. The van der Waals surface area contributed by atoms with E-state index in [-0.39, 0.29) is 5.92 Å². The Balaban J connectivity index is 3.19. The fourth-order valence-electron chi connectivity index (χ4n) is 2.61. The highest BCUT2D eigenvalue weighted by atomic mass is 35.5. The van der Waals surface area contributed by atoms with Crippen LogP contribution in [0.4, 0.5) is 10.5 Å². The normalized spacial score (nSPS) is 11.7. The average molecular weight is 376 g/mol. The number of carbonyl (C=O) groups is 1. The summed E-state index contributed by atoms with van der Waals surface area (Å²) in [6, 6.07) is 4.09. The maximum Gasteiger partial charge on any atom is 0.415 e. The Morgan fingerprint density at radius 2 is 1.71 bits per heavy atom. The summed E-state index contributed by atoms with van der Waals surface area (Å²) >= 11 is 11.5. The van der Waals surface area contributed by atoms with Crippen LogP contribution in [-0.2, 0) is 0 Å². The van der Waals surface area contributed by atoms with E-state index in [1.54, 1.807) is 0 Å². The third-order valence-electron chi connectivity index (χ3n) is 3.84. The number of ether oxygens (including phenoxy) is 1. The number of rotatable bonds is 7. The summed E-state index contributed by atoms with van der Waals surface area (Å²) < 4.78 is 6.40. The summed E-state index contributed by atoms with van der Waals surface area (Å²) in [5.74, 6) is 1.55. The first-order valence-corrected chi connectivity index (χ1v) is 9.24. The van der Waals surface area contributed by atoms with Gasteiger partial charge < -0.3 is 9.64 Å². The van der Waals surface area contributed by atoms with Crippen molar-refractivity contribution in [3.8, 4) is 5.75 Å². The van der Waals surface area contributed by atoms with E-state index in [0.717, 1.165) is 11.1 Å². The molecule has 0 aliphatic heterocycles. The van der Waals surface area contributed by atoms with E-state index in [1.165, 1.54) is 10.6 Å². The first-order chi connectivity index (χ1) is 11.1. The largest absolute Gasteiger partial charge is 0.415 e. The van der Waals surface area contributed by atoms with Crippen molar-refractivity contribution in [2.45, 2.75) is 26.7 Å². The number of carbonyl (C=O) groups excluding carboxylic acids is 1. The van der Waals surface area contributed by atoms with E-state index < -0.39 is 6.09 Å². The number of quaternary nitrogens is 1. The Bertz CT molecular complexity index is 563. The maximum absolute atomic E-state index is 12.4. The monoisotopic (exact) mass is 375 g/mol. The predicted molar refractivity (Wildman–Crippen MR) is 104 cm³/mol. The van der Waals surface area contributed by atoms with Crippen molar-refractivity contribution >= 4 is 35.0 Å². The smallest absolute Gasteiger partial charge is 0.410 e. The van der Waals surface area contributed by atoms with Crippen LogP contribution in [0.25, 0.3) is 0 Å². The molecule has 0 fully saturated rings. The Kier molecular flexibility index (Phi) is 7.84. The van der Waals surface area contributed by atoms with Gasteiger partial charge in [-0.25, -0.2) is 4.79 Å². The van der Waals surface area contributed by atoms with Crippen molar-refractivity contribution in [2.24, 2.45) is 0 Å². The number of benzene rings is 1. The summed E-state index contributed by atoms with van der Waals surface area (Å²) in [5.41, 5.74) is 3.32. The summed E-state index contributed by atoms with van der Waals surface area (Å²) in [7, 11) is 6.38. The van der Waals surface area contributed by atoms with Crippen LogP contribution < -0.4 is 9.22 Å². The minimum absolute atomic E-state index is 0.244. The van der Waals surface area contributed by atoms with Gasteiger partial charge in [0.05, 0.1) is 21.1 Å². The van der Waals surface area contributed by atoms with Gasteiger partial charge in [-0.2, -0.15) is 0 Å². The van der Waals surface area contributed by atoms with Gasteiger partial charge in [-0.3, -0.25) is 4.48 Å². The van der Waals surface area contributed by atoms with E-state index in [9.17, 15) is 4.79 Å². The minimum atomic E-state index is -0.407. The molecule has 0 saturated carbocycles. The predicted octanol–water partition coefficient (Wildman–Crippen LogP) is 4.59. The summed E-state index contributed by atoms with van der Waals surface area (Å²) in [4.78, 5) is 14.0. The lowest BCUT2D eigenvalue weighted by Gasteiger charge is -2.28. The Morgan fingerprint density at radius 1 is 1.17 bits per heavy atom. The quantitative estimate of drug-likeness (QED) is 0.514. The standard InChI is InChI=1S/C18H29Cl2N2O2/c1-13(2)15-12-16(22(4,5)6)14(3)11-17(15)24-18(23)21(9-7-19)10-8-20/h11-13H,7-10H2,1-6H3/q+1. The van der Waals surface area contributed by atoms with Gasteiger partial charge in [0.25, 0.3) is 0 Å². The van der Waals surface area contributed by atoms with E-state index in [1.807, 2.05) is 13.0 Å². The van der Waals surface area contributed by atoms with Crippen LogP contribution in [0.5, 0.6) is 5.75 Å². The third-order valence-corrected chi connectivity index (χ3v) is 4.18. The summed E-state index contributed by atoms with van der Waals surface area (Å²) in [5, 5.41) is 0. The summed E-state index contributed by atoms with van der Waals surface area (Å²) in [6.45, 7) is 7.06. The molecule has 1 rings (SSSR count). The molecule has 1 aromatic rings. The molecule has 0 atom stereocenters. The van der Waals surface area contributed by atoms with Crippen LogP contribution in [0.3, 0.4) is 0 Å². The van der Waals surface area contributed by atoms with Crippen molar-refractivity contribution in [2.75, 3.05) is 46.0 Å². The molecule has 0 heterocycles. The third kappa shape index (κ3) is 5.54. The highest BCUT2D eigenvalue weighted by Crippen LogP contribution is 2.35. The fraction of sp³-hybridized carbons (Fsp3) is 0.611. The van der Waals surface area contributed by atoms with Crippen molar-refractivity contribution < 1.29 is 9.53 Å². The molecule has 4 nitrogen and oxygen atoms in total. The Hall–Kier alpha value is -0.970. The molecule has 0 aliphatic rings. The second-order valence-electron chi connectivity index (χ2n) is 7.08. The molecule has 0 radical (unpaired) electrons. The van der Waals surface area contributed by atoms with Crippen molar-refractivity contribution in [1.29, 1.82) is 0 Å². The first kappa shape index (κ1) is 21.1. The molecule has 1 amide bonds. The van der Waals surface area contributed by atoms with Gasteiger partial charge in [0.2, 0.25) is 0 Å². The van der Waals surface area contributed by atoms with Crippen LogP contribution in [0.1, 0.15) is 30.9 Å². The Morgan fingerprint density at radius 3 is 2.12 bits per heavy atom. The fourth-order valence-corrected chi connectivity index (χ4v) is 3.01. The number of nitrogens with zero attached hydrogens (tertiary/aromatic N) is 2. The number of hydrogen-bond donors (Lipinski definition) is 0. The minimum Gasteiger partial charge on any atom is -0.410 e. The van der Waals surface area contributed by atoms with Crippen molar-refractivity contribution in [3.63, 3.8) is 0 Å². The molecule has 0 saturated heterocycles. The van der Waals surface area contributed by atoms with E-state index in [4.69, 9.17) is 27.9 Å². The molecule has 24 heavy (non-hydrogen) atoms. The van der Waals surface area contributed by atoms with Gasteiger partial charge in [-0.1, -0.05) is 13.8 Å². The SMILES string of the molecule is Cc1cc(OC(=O)N(CCCl)CCCl)c(C(C)C)cc1[N+](C)(C)C. The van der Waals surface area contributed by atoms with Crippen LogP contribution in [-0.4, -0.2) is 57.0 Å². The number of halogens is 2. The second-order valence-corrected chi connectivity index (χ2v) is 7.83. The van der Waals surface area contributed by atoms with Gasteiger partial charge in [-0.05, 0) is 18.9 Å². The summed E-state index contributed by atoms with van der Waals surface area (Å²) in [6.07, 6.45) is -0.407. The molecule has 6 heteroatoms. The molecule has 1 aromatic carbocycles. The van der Waals surface area contributed by atoms with Gasteiger partial charge in [-0.15, -0.1) is 23.2 Å². The zero-order chi connectivity index (χ0) is 18.5. The van der Waals surface area contributed by atoms with Crippen molar-refractivity contribution in [1.82, 2.24) is 9.38 Å². The Labute approximate surface area is 155 Å². The van der Waals surface area contributed by atoms with E-state index >= 15 is 0 Å². The van der Waals surface area contributed by atoms with Gasteiger partial charge >= 0.3 is 6.09 Å². The van der Waals surface area contributed by atoms with E-state index in [2.05, 4.69) is 41.1 Å². The molecular weight excluding hydrogens is 347 g/mol. The molecular formula is C18H29Cl2N2O2+. The topological polar surface area (TPSA) is 29.5 Å². The first-order valence-electron chi connectivity index (χ1n) is 8.17. The van der Waals surface area contributed by atoms with Crippen LogP contribution in [0.2, 0.25) is 0 Å². The zero-order valence-electron chi connectivity index (χ0n) is 15.5. The molecule has 0 unspecified atom stereocenters. The molecule has 0 spiro atoms. The van der Waals surface area contributed by atoms with Crippen LogP contribution >= 0.6 is 23.2 Å². The molecule has 0 N–H and O–H groups in total. The van der Waals surface area contributed by atoms with Gasteiger partial charge in [0, 0.05) is 42.0 Å². The number of alkyl halides is 2. The lowest BCUT2D eigenvalue weighted by Crippen LogP contribution is -2.37. The lowest BCUT2D eigenvalue weighted by molar-refractivity contribution is 0.157. The highest BCUT2D eigenvalue weighted by Gasteiger charge is 2.23. The molecule has 0 aliphatic carbocycles. The van der Waals surface area contributed by atoms with Crippen LogP contribution in [0, 0.1) is 6.92 Å². The number of hydrogen-bond acceptors (Lipinski definition) is 2. The van der Waals surface area contributed by atoms with Crippen molar-refractivity contribution in [3.05, 3.63) is 23.3 Å². The molecule has 0 bridgehead atoms. The lowest BCUT2D eigenvalue weighted by atomic mass is 9.98. The van der Waals surface area contributed by atoms with Crippen LogP contribution in [0.15, 0.2) is 12.1 Å².